The lowest BCUT2D eigenvalue weighted by Gasteiger charge is -2.03. The number of aromatic carboxylic acids is 1. The highest BCUT2D eigenvalue weighted by molar-refractivity contribution is 5.93. The fourth-order valence-electron chi connectivity index (χ4n) is 0.942. The minimum absolute atomic E-state index is 0.0512. The Labute approximate surface area is 121 Å². The third kappa shape index (κ3) is 6.07. The number of carboxylic acids is 2. The molecule has 2 N–H and O–H groups in total. The SMILES string of the molecule is COC(=O)c1cc(C(=O)O)cc(OC)n1.O=C(O)C(F)(F)F. The van der Waals surface area contributed by atoms with Crippen molar-refractivity contribution in [1.82, 2.24) is 4.98 Å². The van der Waals surface area contributed by atoms with Gasteiger partial charge in [-0.05, 0) is 6.07 Å². The van der Waals surface area contributed by atoms with Crippen molar-refractivity contribution in [2.75, 3.05) is 14.2 Å². The van der Waals surface area contributed by atoms with Gasteiger partial charge < -0.3 is 19.7 Å². The van der Waals surface area contributed by atoms with Crippen molar-refractivity contribution in [2.45, 2.75) is 6.18 Å². The number of carbonyl (C=O) groups excluding carboxylic acids is 1. The second kappa shape index (κ2) is 7.81. The highest BCUT2D eigenvalue weighted by atomic mass is 19.4. The van der Waals surface area contributed by atoms with Crippen LogP contribution in [0.5, 0.6) is 5.88 Å². The first kappa shape index (κ1) is 19.1. The molecular weight excluding hydrogens is 315 g/mol. The van der Waals surface area contributed by atoms with Gasteiger partial charge in [-0.1, -0.05) is 0 Å². The van der Waals surface area contributed by atoms with Crippen LogP contribution >= 0.6 is 0 Å². The molecule has 1 rings (SSSR count). The van der Waals surface area contributed by atoms with Gasteiger partial charge in [0.25, 0.3) is 0 Å². The molecule has 0 saturated carbocycles. The number of halogens is 3. The molecule has 8 nitrogen and oxygen atoms in total. The van der Waals surface area contributed by atoms with E-state index in [1.807, 2.05) is 0 Å². The molecule has 22 heavy (non-hydrogen) atoms. The third-order valence-electron chi connectivity index (χ3n) is 1.89. The van der Waals surface area contributed by atoms with E-state index >= 15 is 0 Å². The maximum absolute atomic E-state index is 11.1. The predicted molar refractivity (Wildman–Crippen MR) is 62.8 cm³/mol. The molecule has 0 aliphatic heterocycles. The van der Waals surface area contributed by atoms with Crippen LogP contribution in [0.25, 0.3) is 0 Å². The quantitative estimate of drug-likeness (QED) is 0.795. The molecule has 0 aliphatic rings. The Kier molecular flexibility index (Phi) is 6.80. The van der Waals surface area contributed by atoms with Gasteiger partial charge in [-0.2, -0.15) is 13.2 Å². The lowest BCUT2D eigenvalue weighted by molar-refractivity contribution is -0.192. The number of ether oxygens (including phenoxy) is 2. The van der Waals surface area contributed by atoms with E-state index in [0.717, 1.165) is 6.07 Å². The molecule has 1 aromatic heterocycles. The highest BCUT2D eigenvalue weighted by Gasteiger charge is 2.38. The van der Waals surface area contributed by atoms with E-state index in [1.54, 1.807) is 0 Å². The summed E-state index contributed by atoms with van der Waals surface area (Å²) in [5.74, 6) is -4.58. The summed E-state index contributed by atoms with van der Waals surface area (Å²) in [7, 11) is 2.51. The van der Waals surface area contributed by atoms with Crippen molar-refractivity contribution in [3.63, 3.8) is 0 Å². The zero-order chi connectivity index (χ0) is 17.5. The van der Waals surface area contributed by atoms with Crippen LogP contribution in [0.4, 0.5) is 13.2 Å². The number of carbonyl (C=O) groups is 3. The van der Waals surface area contributed by atoms with E-state index < -0.39 is 24.1 Å². The van der Waals surface area contributed by atoms with Gasteiger partial charge in [0.2, 0.25) is 5.88 Å². The highest BCUT2D eigenvalue weighted by Crippen LogP contribution is 2.13. The summed E-state index contributed by atoms with van der Waals surface area (Å²) in [5, 5.41) is 15.9. The summed E-state index contributed by atoms with van der Waals surface area (Å²) in [6, 6.07) is 2.34. The van der Waals surface area contributed by atoms with E-state index in [2.05, 4.69) is 9.72 Å². The Morgan fingerprint density at radius 1 is 1.14 bits per heavy atom. The van der Waals surface area contributed by atoms with Gasteiger partial charge >= 0.3 is 24.1 Å². The fourth-order valence-corrected chi connectivity index (χ4v) is 0.942. The Morgan fingerprint density at radius 2 is 1.64 bits per heavy atom. The average molecular weight is 325 g/mol. The molecule has 0 radical (unpaired) electrons. The zero-order valence-corrected chi connectivity index (χ0v) is 11.2. The smallest absolute Gasteiger partial charge is 0.481 e. The van der Waals surface area contributed by atoms with Crippen molar-refractivity contribution in [3.8, 4) is 5.88 Å². The summed E-state index contributed by atoms with van der Waals surface area (Å²) in [6.07, 6.45) is -5.08. The number of aromatic nitrogens is 1. The van der Waals surface area contributed by atoms with Crippen LogP contribution < -0.4 is 4.74 Å². The van der Waals surface area contributed by atoms with E-state index in [-0.39, 0.29) is 17.1 Å². The Balaban J connectivity index is 0.000000534. The summed E-state index contributed by atoms with van der Waals surface area (Å²) >= 11 is 0. The number of hydrogen-bond acceptors (Lipinski definition) is 6. The third-order valence-corrected chi connectivity index (χ3v) is 1.89. The summed E-state index contributed by atoms with van der Waals surface area (Å²) in [5.41, 5.74) is -0.184. The summed E-state index contributed by atoms with van der Waals surface area (Å²) in [6.45, 7) is 0. The molecule has 0 bridgehead atoms. The fraction of sp³-hybridized carbons (Fsp3) is 0.273. The molecule has 0 aromatic carbocycles. The molecule has 0 amide bonds. The Bertz CT molecular complexity index is 571. The van der Waals surface area contributed by atoms with Gasteiger partial charge in [-0.15, -0.1) is 0 Å². The second-order valence-corrected chi connectivity index (χ2v) is 3.38. The number of pyridine rings is 1. The van der Waals surface area contributed by atoms with Crippen molar-refractivity contribution in [2.24, 2.45) is 0 Å². The molecule has 0 saturated heterocycles. The van der Waals surface area contributed by atoms with Crippen LogP contribution in [-0.4, -0.2) is 53.5 Å². The molecule has 0 fully saturated rings. The van der Waals surface area contributed by atoms with E-state index in [0.29, 0.717) is 0 Å². The van der Waals surface area contributed by atoms with Gasteiger partial charge in [0.05, 0.1) is 19.8 Å². The molecule has 122 valence electrons. The van der Waals surface area contributed by atoms with Crippen LogP contribution in [0, 0.1) is 0 Å². The maximum Gasteiger partial charge on any atom is 0.490 e. The topological polar surface area (TPSA) is 123 Å². The molecule has 1 heterocycles. The molecule has 0 spiro atoms. The van der Waals surface area contributed by atoms with Crippen LogP contribution in [-0.2, 0) is 9.53 Å². The van der Waals surface area contributed by atoms with Gasteiger partial charge in [0.15, 0.2) is 5.69 Å². The number of nitrogens with zero attached hydrogens (tertiary/aromatic N) is 1. The predicted octanol–water partition coefficient (Wildman–Crippen LogP) is 1.21. The standard InChI is InChI=1S/C9H9NO5.C2HF3O2/c1-14-7-4-5(8(11)12)3-6(10-7)9(13)15-2;3-2(4,5)1(6)7/h3-4H,1-2H3,(H,11,12);(H,6,7). The number of esters is 1. The van der Waals surface area contributed by atoms with Crippen LogP contribution in [0.1, 0.15) is 20.8 Å². The molecule has 0 aliphatic carbocycles. The number of alkyl halides is 3. The van der Waals surface area contributed by atoms with Crippen molar-refractivity contribution in [3.05, 3.63) is 23.4 Å². The monoisotopic (exact) mass is 325 g/mol. The second-order valence-electron chi connectivity index (χ2n) is 3.38. The summed E-state index contributed by atoms with van der Waals surface area (Å²) in [4.78, 5) is 34.5. The Hall–Kier alpha value is -2.85. The Morgan fingerprint density at radius 3 is 1.95 bits per heavy atom. The number of hydrogen-bond donors (Lipinski definition) is 2. The van der Waals surface area contributed by atoms with E-state index in [4.69, 9.17) is 19.7 Å². The molecular formula is C11H10F3NO7. The lowest BCUT2D eigenvalue weighted by atomic mass is 10.2. The first-order chi connectivity index (χ1) is 10.0. The van der Waals surface area contributed by atoms with Crippen molar-refractivity contribution in [1.29, 1.82) is 0 Å². The normalized spacial score (nSPS) is 10.0. The van der Waals surface area contributed by atoms with Crippen LogP contribution in [0.15, 0.2) is 12.1 Å². The van der Waals surface area contributed by atoms with Gasteiger partial charge in [0, 0.05) is 6.07 Å². The largest absolute Gasteiger partial charge is 0.490 e. The van der Waals surface area contributed by atoms with Gasteiger partial charge in [0.1, 0.15) is 0 Å². The number of rotatable bonds is 3. The van der Waals surface area contributed by atoms with E-state index in [9.17, 15) is 22.8 Å². The minimum atomic E-state index is -5.08. The molecule has 11 heteroatoms. The van der Waals surface area contributed by atoms with Gasteiger partial charge in [-0.25, -0.2) is 19.4 Å². The summed E-state index contributed by atoms with van der Waals surface area (Å²) < 4.78 is 40.9. The average Bonchev–Trinajstić information content (AvgIpc) is 2.45. The first-order valence-corrected chi connectivity index (χ1v) is 5.20. The number of methoxy groups -OCH3 is 2. The molecule has 0 atom stereocenters. The first-order valence-electron chi connectivity index (χ1n) is 5.20. The zero-order valence-electron chi connectivity index (χ0n) is 11.2. The number of carboxylic acid groups (broad SMARTS) is 2. The maximum atomic E-state index is 11.1. The van der Waals surface area contributed by atoms with E-state index in [1.165, 1.54) is 20.3 Å². The lowest BCUT2D eigenvalue weighted by Crippen LogP contribution is -2.21. The van der Waals surface area contributed by atoms with Crippen LogP contribution in [0.2, 0.25) is 0 Å². The number of aliphatic carboxylic acids is 1. The molecule has 0 unspecified atom stereocenters. The van der Waals surface area contributed by atoms with Gasteiger partial charge in [-0.3, -0.25) is 0 Å². The molecule has 1 aromatic rings. The minimum Gasteiger partial charge on any atom is -0.481 e. The van der Waals surface area contributed by atoms with Crippen molar-refractivity contribution >= 4 is 17.9 Å². The van der Waals surface area contributed by atoms with Crippen molar-refractivity contribution < 1.29 is 47.2 Å². The van der Waals surface area contributed by atoms with Crippen LogP contribution in [0.3, 0.4) is 0 Å².